The third kappa shape index (κ3) is 4.99. The molecule has 0 bridgehead atoms. The molecule has 14 heteroatoms. The van der Waals surface area contributed by atoms with Crippen LogP contribution in [0.3, 0.4) is 0 Å². The van der Waals surface area contributed by atoms with Gasteiger partial charge in [0.25, 0.3) is 0 Å². The molecule has 8 atom stereocenters. The van der Waals surface area contributed by atoms with Crippen LogP contribution in [-0.2, 0) is 9.47 Å². The van der Waals surface area contributed by atoms with Crippen LogP contribution in [0.15, 0.2) is 59.4 Å². The van der Waals surface area contributed by atoms with Crippen molar-refractivity contribution < 1.29 is 28.5 Å². The second-order valence-corrected chi connectivity index (χ2v) is 9.05. The normalized spacial score (nSPS) is 34.4. The molecule has 2 aliphatic rings. The molecule has 2 aromatic heterocycles. The highest BCUT2D eigenvalue weighted by Gasteiger charge is 2.54. The summed E-state index contributed by atoms with van der Waals surface area (Å²) in [6, 6.07) is 2.75. The summed E-state index contributed by atoms with van der Waals surface area (Å²) in [4.78, 5) is 30.4. The number of ether oxygens (including phenoxy) is 2. The average molecular weight is 539 g/mol. The molecule has 6 N–H and O–H groups in total. The summed E-state index contributed by atoms with van der Waals surface area (Å²) in [5.41, 5.74) is 6.92. The van der Waals surface area contributed by atoms with Crippen LogP contribution in [0.25, 0.3) is 0 Å². The standard InChI is InChI=1S/C13H18FN3O2.C11H14FN3O4/c1-4-13(5-2)8(3)10(14)11(19-13)17-7-6-9(15)16-12(17)18;1-2-11(5-16)8(17)7(12)9(19-11)15-4-3-6(13)14-10(15)18/h4,6-8,10-11H,1,5H2,2-3H3,(H2,15,16,18);2-4,7-9,16-17H,1,5H2,(H2,13,14,18)/t8-,10+,11+,13+;7-,8+,9-,11-/m01/s1. The number of aliphatic hydroxyl groups excluding tert-OH is 2. The minimum absolute atomic E-state index is 0.00709. The number of aliphatic hydroxyl groups is 2. The van der Waals surface area contributed by atoms with Crippen LogP contribution in [0.5, 0.6) is 0 Å². The van der Waals surface area contributed by atoms with E-state index in [9.17, 15) is 28.6 Å². The van der Waals surface area contributed by atoms with Crippen molar-refractivity contribution in [3.63, 3.8) is 0 Å². The fraction of sp³-hybridized carbons (Fsp3) is 0.500. The van der Waals surface area contributed by atoms with Gasteiger partial charge in [-0.2, -0.15) is 9.97 Å². The van der Waals surface area contributed by atoms with Gasteiger partial charge in [-0.05, 0) is 18.6 Å². The Labute approximate surface area is 216 Å². The Balaban J connectivity index is 0.000000211. The average Bonchev–Trinajstić information content (AvgIpc) is 3.30. The number of nitrogens with two attached hydrogens (primary N) is 2. The van der Waals surface area contributed by atoms with Gasteiger partial charge in [0, 0.05) is 18.3 Å². The minimum atomic E-state index is -1.91. The summed E-state index contributed by atoms with van der Waals surface area (Å²) in [6.07, 6.45) is -1.31. The molecule has 2 saturated heterocycles. The first-order chi connectivity index (χ1) is 17.9. The maximum absolute atomic E-state index is 14.4. The predicted molar refractivity (Wildman–Crippen MR) is 134 cm³/mol. The molecule has 4 rings (SSSR count). The highest BCUT2D eigenvalue weighted by atomic mass is 19.1. The smallest absolute Gasteiger partial charge is 0.351 e. The lowest BCUT2D eigenvalue weighted by Gasteiger charge is -2.27. The Hall–Kier alpha value is -3.46. The van der Waals surface area contributed by atoms with Gasteiger partial charge in [0.15, 0.2) is 24.8 Å². The maximum atomic E-state index is 14.4. The van der Waals surface area contributed by atoms with Crippen LogP contribution in [0.2, 0.25) is 0 Å². The molecule has 4 heterocycles. The molecule has 0 amide bonds. The number of rotatable bonds is 6. The molecule has 38 heavy (non-hydrogen) atoms. The number of hydrogen-bond acceptors (Lipinski definition) is 10. The van der Waals surface area contributed by atoms with Gasteiger partial charge in [-0.15, -0.1) is 13.2 Å². The molecular formula is C24H32F2N6O6. The third-order valence-corrected chi connectivity index (χ3v) is 7.02. The molecule has 0 spiro atoms. The quantitative estimate of drug-likeness (QED) is 0.381. The van der Waals surface area contributed by atoms with E-state index in [4.69, 9.17) is 20.9 Å². The summed E-state index contributed by atoms with van der Waals surface area (Å²) in [5.74, 6) is -0.287. The number of aromatic nitrogens is 4. The molecule has 0 unspecified atom stereocenters. The number of nitrogens with zero attached hydrogens (tertiary/aromatic N) is 4. The zero-order valence-electron chi connectivity index (χ0n) is 21.0. The summed E-state index contributed by atoms with van der Waals surface area (Å²) in [7, 11) is 0. The molecule has 2 aliphatic heterocycles. The van der Waals surface area contributed by atoms with Gasteiger partial charge >= 0.3 is 11.4 Å². The highest BCUT2D eigenvalue weighted by Crippen LogP contribution is 2.45. The third-order valence-electron chi connectivity index (χ3n) is 7.02. The fourth-order valence-corrected chi connectivity index (χ4v) is 4.51. The lowest BCUT2D eigenvalue weighted by molar-refractivity contribution is -0.0982. The van der Waals surface area contributed by atoms with E-state index in [1.807, 2.05) is 6.92 Å². The van der Waals surface area contributed by atoms with Gasteiger partial charge in [0.1, 0.15) is 23.3 Å². The van der Waals surface area contributed by atoms with Crippen molar-refractivity contribution in [3.05, 3.63) is 70.8 Å². The van der Waals surface area contributed by atoms with Crippen LogP contribution >= 0.6 is 0 Å². The monoisotopic (exact) mass is 538 g/mol. The van der Waals surface area contributed by atoms with E-state index in [-0.39, 0.29) is 17.6 Å². The molecule has 2 aromatic rings. The van der Waals surface area contributed by atoms with Crippen molar-refractivity contribution in [1.29, 1.82) is 0 Å². The van der Waals surface area contributed by atoms with Crippen LogP contribution in [-0.4, -0.2) is 65.6 Å². The number of alkyl halides is 2. The topological polar surface area (TPSA) is 181 Å². The number of hydrogen-bond donors (Lipinski definition) is 4. The Morgan fingerprint density at radius 2 is 1.45 bits per heavy atom. The summed E-state index contributed by atoms with van der Waals surface area (Å²) >= 11 is 0. The molecule has 12 nitrogen and oxygen atoms in total. The molecule has 0 radical (unpaired) electrons. The van der Waals surface area contributed by atoms with Gasteiger partial charge in [0.2, 0.25) is 0 Å². The first-order valence-electron chi connectivity index (χ1n) is 11.8. The van der Waals surface area contributed by atoms with Gasteiger partial charge in [-0.3, -0.25) is 9.13 Å². The molecular weight excluding hydrogens is 506 g/mol. The number of anilines is 2. The van der Waals surface area contributed by atoms with Gasteiger partial charge in [-0.25, -0.2) is 18.4 Å². The highest BCUT2D eigenvalue weighted by molar-refractivity contribution is 5.24. The molecule has 0 aliphatic carbocycles. The van der Waals surface area contributed by atoms with Gasteiger partial charge < -0.3 is 31.2 Å². The largest absolute Gasteiger partial charge is 0.393 e. The van der Waals surface area contributed by atoms with E-state index in [0.29, 0.717) is 6.42 Å². The summed E-state index contributed by atoms with van der Waals surface area (Å²) in [6.45, 7) is 10.1. The van der Waals surface area contributed by atoms with Crippen molar-refractivity contribution in [2.45, 2.75) is 62.4 Å². The molecule has 0 aromatic carbocycles. The van der Waals surface area contributed by atoms with Crippen molar-refractivity contribution in [1.82, 2.24) is 19.1 Å². The maximum Gasteiger partial charge on any atom is 0.351 e. The van der Waals surface area contributed by atoms with Crippen LogP contribution < -0.4 is 22.8 Å². The van der Waals surface area contributed by atoms with E-state index in [1.54, 1.807) is 13.0 Å². The lowest BCUT2D eigenvalue weighted by Crippen LogP contribution is -2.43. The van der Waals surface area contributed by atoms with Gasteiger partial charge in [0.05, 0.1) is 12.2 Å². The van der Waals surface area contributed by atoms with Crippen molar-refractivity contribution in [3.8, 4) is 0 Å². The SMILES string of the molecule is C=C[C@]1(CC)O[C@@H](n2ccc(N)nc2=O)[C@H](F)[C@@H]1C.C=C[C@]1(CO)O[C@@H](n2ccc(N)nc2=O)[C@H](F)[C@@H]1O. The van der Waals surface area contributed by atoms with Crippen molar-refractivity contribution in [2.75, 3.05) is 18.1 Å². The molecule has 2 fully saturated rings. The summed E-state index contributed by atoms with van der Waals surface area (Å²) < 4.78 is 41.5. The van der Waals surface area contributed by atoms with E-state index in [0.717, 1.165) is 15.2 Å². The van der Waals surface area contributed by atoms with Crippen LogP contribution in [0.4, 0.5) is 20.4 Å². The number of nitrogen functional groups attached to an aromatic ring is 2. The zero-order chi connectivity index (χ0) is 28.4. The lowest BCUT2D eigenvalue weighted by atomic mass is 9.85. The van der Waals surface area contributed by atoms with Crippen LogP contribution in [0, 0.1) is 5.92 Å². The Kier molecular flexibility index (Phi) is 8.51. The Bertz CT molecular complexity index is 1190. The van der Waals surface area contributed by atoms with E-state index in [1.165, 1.54) is 24.5 Å². The zero-order valence-corrected chi connectivity index (χ0v) is 21.0. The minimum Gasteiger partial charge on any atom is -0.393 e. The first kappa shape index (κ1) is 29.1. The Morgan fingerprint density at radius 1 is 1.00 bits per heavy atom. The molecule has 0 saturated carbocycles. The van der Waals surface area contributed by atoms with Crippen molar-refractivity contribution >= 4 is 11.6 Å². The summed E-state index contributed by atoms with van der Waals surface area (Å²) in [5, 5.41) is 19.0. The predicted octanol–water partition coefficient (Wildman–Crippen LogP) is 0.634. The second kappa shape index (κ2) is 11.1. The Morgan fingerprint density at radius 3 is 1.79 bits per heavy atom. The molecule has 208 valence electrons. The fourth-order valence-electron chi connectivity index (χ4n) is 4.51. The van der Waals surface area contributed by atoms with E-state index >= 15 is 0 Å². The van der Waals surface area contributed by atoms with Gasteiger partial charge in [-0.1, -0.05) is 26.0 Å². The van der Waals surface area contributed by atoms with Crippen molar-refractivity contribution in [2.24, 2.45) is 5.92 Å². The van der Waals surface area contributed by atoms with Crippen LogP contribution in [0.1, 0.15) is 32.7 Å². The number of halogens is 2. The van der Waals surface area contributed by atoms with E-state index < -0.39 is 60.1 Å². The van der Waals surface area contributed by atoms with E-state index in [2.05, 4.69) is 23.1 Å². The first-order valence-corrected chi connectivity index (χ1v) is 11.8. The second-order valence-electron chi connectivity index (χ2n) is 9.05.